The van der Waals surface area contributed by atoms with Gasteiger partial charge < -0.3 is 13.7 Å². The molecule has 4 rings (SSSR count). The van der Waals surface area contributed by atoms with Gasteiger partial charge in [-0.15, -0.1) is 10.2 Å². The summed E-state index contributed by atoms with van der Waals surface area (Å²) in [6.45, 7) is 3.51. The van der Waals surface area contributed by atoms with Gasteiger partial charge in [-0.3, -0.25) is 0 Å². The third-order valence-corrected chi connectivity index (χ3v) is 5.97. The van der Waals surface area contributed by atoms with Crippen LogP contribution >= 0.6 is 23.4 Å². The molecule has 0 radical (unpaired) electrons. The molecular weight excluding hydrogens is 406 g/mol. The van der Waals surface area contributed by atoms with Crippen molar-refractivity contribution in [3.05, 3.63) is 65.1 Å². The summed E-state index contributed by atoms with van der Waals surface area (Å²) in [5.41, 5.74) is 4.04. The van der Waals surface area contributed by atoms with Crippen LogP contribution in [0.3, 0.4) is 0 Å². The highest BCUT2D eigenvalue weighted by atomic mass is 35.5. The summed E-state index contributed by atoms with van der Waals surface area (Å²) in [5.74, 6) is 1.49. The van der Waals surface area contributed by atoms with Gasteiger partial charge in [0, 0.05) is 44.0 Å². The Morgan fingerprint density at radius 3 is 2.79 bits per heavy atom. The summed E-state index contributed by atoms with van der Waals surface area (Å²) in [4.78, 5) is 4.76. The van der Waals surface area contributed by atoms with Gasteiger partial charge in [-0.2, -0.15) is 0 Å². The first kappa shape index (κ1) is 19.9. The van der Waals surface area contributed by atoms with Gasteiger partial charge in [-0.1, -0.05) is 41.6 Å². The Kier molecular flexibility index (Phi) is 6.18. The Morgan fingerprint density at radius 1 is 1.14 bits per heavy atom. The summed E-state index contributed by atoms with van der Waals surface area (Å²) < 4.78 is 9.40. The zero-order valence-electron chi connectivity index (χ0n) is 16.4. The number of pyridine rings is 1. The summed E-state index contributed by atoms with van der Waals surface area (Å²) in [6, 6.07) is 11.8. The number of fused-ring (bicyclic) bond motifs is 1. The molecule has 0 atom stereocenters. The van der Waals surface area contributed by atoms with Crippen LogP contribution < -0.4 is 0 Å². The van der Waals surface area contributed by atoms with Gasteiger partial charge >= 0.3 is 0 Å². The predicted molar refractivity (Wildman–Crippen MR) is 116 cm³/mol. The van der Waals surface area contributed by atoms with Crippen molar-refractivity contribution in [2.75, 3.05) is 13.7 Å². The molecular formula is C21H22ClN5OS. The highest BCUT2D eigenvalue weighted by Gasteiger charge is 2.17. The second-order valence-corrected chi connectivity index (χ2v) is 8.08. The second kappa shape index (κ2) is 8.98. The van der Waals surface area contributed by atoms with E-state index in [2.05, 4.69) is 38.4 Å². The third kappa shape index (κ3) is 4.32. The summed E-state index contributed by atoms with van der Waals surface area (Å²) in [6.07, 6.45) is 4.95. The van der Waals surface area contributed by atoms with E-state index < -0.39 is 0 Å². The van der Waals surface area contributed by atoms with Gasteiger partial charge in [-0.05, 0) is 37.1 Å². The van der Waals surface area contributed by atoms with E-state index in [1.54, 1.807) is 18.9 Å². The monoisotopic (exact) mass is 427 g/mol. The normalized spacial score (nSPS) is 11.4. The minimum atomic E-state index is 0.667. The lowest BCUT2D eigenvalue weighted by Gasteiger charge is -2.10. The smallest absolute Gasteiger partial charge is 0.191 e. The molecule has 0 saturated heterocycles. The topological polar surface area (TPSA) is 57.2 Å². The van der Waals surface area contributed by atoms with Gasteiger partial charge in [-0.25, -0.2) is 4.98 Å². The molecule has 0 N–H and O–H groups in total. The van der Waals surface area contributed by atoms with Crippen LogP contribution in [0.4, 0.5) is 0 Å². The lowest BCUT2D eigenvalue weighted by molar-refractivity contribution is 0.189. The van der Waals surface area contributed by atoms with Crippen molar-refractivity contribution in [1.82, 2.24) is 24.1 Å². The van der Waals surface area contributed by atoms with Crippen molar-refractivity contribution < 1.29 is 4.74 Å². The zero-order chi connectivity index (χ0) is 20.2. The molecule has 1 aromatic carbocycles. The molecule has 0 aliphatic carbocycles. The number of rotatable bonds is 8. The van der Waals surface area contributed by atoms with Gasteiger partial charge in [0.15, 0.2) is 11.0 Å². The van der Waals surface area contributed by atoms with Gasteiger partial charge in [0.25, 0.3) is 0 Å². The summed E-state index contributed by atoms with van der Waals surface area (Å²) >= 11 is 8.04. The fourth-order valence-corrected chi connectivity index (χ4v) is 4.29. The molecule has 0 aliphatic heterocycles. The average Bonchev–Trinajstić information content (AvgIpc) is 3.32. The minimum absolute atomic E-state index is 0.667. The fraction of sp³-hybridized carbons (Fsp3) is 0.286. The largest absolute Gasteiger partial charge is 0.385 e. The molecule has 0 unspecified atom stereocenters. The standard InChI is InChI=1S/C21H22ClN5OS/c1-15-7-5-10-26-13-16(23-19(15)26)14-29-21-25-24-20(27(21)11-6-12-28-2)17-8-3-4-9-18(17)22/h3-5,7-10,13H,6,11-12,14H2,1-2H3. The maximum atomic E-state index is 6.41. The van der Waals surface area contributed by atoms with E-state index in [1.165, 1.54) is 0 Å². The average molecular weight is 428 g/mol. The molecule has 0 amide bonds. The van der Waals surface area contributed by atoms with Gasteiger partial charge in [0.2, 0.25) is 0 Å². The van der Waals surface area contributed by atoms with Crippen LogP contribution in [-0.2, 0) is 17.0 Å². The lowest BCUT2D eigenvalue weighted by Crippen LogP contribution is -2.05. The summed E-state index contributed by atoms with van der Waals surface area (Å²) in [7, 11) is 1.71. The van der Waals surface area contributed by atoms with Gasteiger partial charge in [0.1, 0.15) is 5.65 Å². The van der Waals surface area contributed by atoms with E-state index in [4.69, 9.17) is 21.3 Å². The number of aromatic nitrogens is 5. The maximum absolute atomic E-state index is 6.41. The molecule has 3 heterocycles. The van der Waals surface area contributed by atoms with Crippen molar-refractivity contribution in [2.24, 2.45) is 0 Å². The molecule has 8 heteroatoms. The van der Waals surface area contributed by atoms with Crippen molar-refractivity contribution >= 4 is 29.0 Å². The molecule has 4 aromatic rings. The van der Waals surface area contributed by atoms with Crippen molar-refractivity contribution in [3.63, 3.8) is 0 Å². The Morgan fingerprint density at radius 2 is 2.00 bits per heavy atom. The number of hydrogen-bond acceptors (Lipinski definition) is 5. The van der Waals surface area contributed by atoms with Crippen LogP contribution in [0.2, 0.25) is 5.02 Å². The summed E-state index contributed by atoms with van der Waals surface area (Å²) in [5, 5.41) is 10.4. The number of thioether (sulfide) groups is 1. The molecule has 0 aliphatic rings. The Hall–Kier alpha value is -2.35. The van der Waals surface area contributed by atoms with Crippen LogP contribution in [0.15, 0.2) is 53.9 Å². The van der Waals surface area contributed by atoms with Crippen LogP contribution in [-0.4, -0.2) is 37.9 Å². The quantitative estimate of drug-likeness (QED) is 0.296. The second-order valence-electron chi connectivity index (χ2n) is 6.73. The van der Waals surface area contributed by atoms with Crippen LogP contribution in [0.5, 0.6) is 0 Å². The first-order valence-corrected chi connectivity index (χ1v) is 10.8. The zero-order valence-corrected chi connectivity index (χ0v) is 18.0. The molecule has 0 fully saturated rings. The number of aryl methyl sites for hydroxylation is 1. The Balaban J connectivity index is 1.60. The minimum Gasteiger partial charge on any atom is -0.385 e. The fourth-order valence-electron chi connectivity index (χ4n) is 3.22. The number of halogens is 1. The molecule has 29 heavy (non-hydrogen) atoms. The Bertz CT molecular complexity index is 1120. The molecule has 0 spiro atoms. The first-order chi connectivity index (χ1) is 14.2. The van der Waals surface area contributed by atoms with Crippen molar-refractivity contribution in [2.45, 2.75) is 30.8 Å². The number of imidazole rings is 1. The number of benzene rings is 1. The van der Waals surface area contributed by atoms with E-state index in [0.717, 1.165) is 46.4 Å². The van der Waals surface area contributed by atoms with E-state index in [9.17, 15) is 0 Å². The highest BCUT2D eigenvalue weighted by molar-refractivity contribution is 7.98. The first-order valence-electron chi connectivity index (χ1n) is 9.40. The molecule has 150 valence electrons. The number of hydrogen-bond donors (Lipinski definition) is 0. The van der Waals surface area contributed by atoms with Crippen molar-refractivity contribution in [3.8, 4) is 11.4 Å². The SMILES string of the molecule is COCCCn1c(SCc2cn3cccc(C)c3n2)nnc1-c1ccccc1Cl. The molecule has 3 aromatic heterocycles. The highest BCUT2D eigenvalue weighted by Crippen LogP contribution is 2.30. The predicted octanol–water partition coefficient (Wildman–Crippen LogP) is 4.88. The molecule has 0 bridgehead atoms. The molecule has 0 saturated carbocycles. The van der Waals surface area contributed by atoms with E-state index >= 15 is 0 Å². The number of ether oxygens (including phenoxy) is 1. The van der Waals surface area contributed by atoms with E-state index in [-0.39, 0.29) is 0 Å². The number of methoxy groups -OCH3 is 1. The van der Waals surface area contributed by atoms with Crippen LogP contribution in [0.25, 0.3) is 17.0 Å². The third-order valence-electron chi connectivity index (χ3n) is 4.64. The van der Waals surface area contributed by atoms with Crippen LogP contribution in [0.1, 0.15) is 17.7 Å². The van der Waals surface area contributed by atoms with Crippen molar-refractivity contribution in [1.29, 1.82) is 0 Å². The van der Waals surface area contributed by atoms with E-state index in [1.807, 2.05) is 36.5 Å². The lowest BCUT2D eigenvalue weighted by atomic mass is 10.2. The Labute approximate surface area is 178 Å². The molecule has 6 nitrogen and oxygen atoms in total. The van der Waals surface area contributed by atoms with Crippen LogP contribution in [0, 0.1) is 6.92 Å². The van der Waals surface area contributed by atoms with Gasteiger partial charge in [0.05, 0.1) is 10.7 Å². The van der Waals surface area contributed by atoms with E-state index in [0.29, 0.717) is 17.4 Å². The maximum Gasteiger partial charge on any atom is 0.191 e. The number of nitrogens with zero attached hydrogens (tertiary/aromatic N) is 5.